The van der Waals surface area contributed by atoms with E-state index < -0.39 is 28.2 Å². The van der Waals surface area contributed by atoms with E-state index in [1.54, 1.807) is 0 Å². The molecule has 0 saturated heterocycles. The average molecular weight is 372 g/mol. The summed E-state index contributed by atoms with van der Waals surface area (Å²) in [7, 11) is -3.99. The first kappa shape index (κ1) is 17.7. The quantitative estimate of drug-likeness (QED) is 0.818. The van der Waals surface area contributed by atoms with Crippen LogP contribution in [0.2, 0.25) is 0 Å². The normalized spacial score (nSPS) is 13.9. The number of benzene rings is 2. The van der Waals surface area contributed by atoms with Crippen molar-refractivity contribution < 1.29 is 26.3 Å². The van der Waals surface area contributed by atoms with Crippen LogP contribution in [-0.4, -0.2) is 15.0 Å². The third-order valence-corrected chi connectivity index (χ3v) is 5.20. The van der Waals surface area contributed by atoms with E-state index in [0.29, 0.717) is 6.07 Å². The second-order valence-electron chi connectivity index (χ2n) is 5.50. The summed E-state index contributed by atoms with van der Waals surface area (Å²) in [6.45, 7) is -1.64. The number of alkyl halides is 2. The third kappa shape index (κ3) is 4.12. The number of fused-ring (bicyclic) bond motifs is 1. The van der Waals surface area contributed by atoms with Crippen LogP contribution >= 0.6 is 0 Å². The number of rotatable bonds is 6. The number of nitrogens with one attached hydrogen (secondary N) is 2. The Hall–Kier alpha value is -2.10. The lowest BCUT2D eigenvalue weighted by Crippen LogP contribution is -2.23. The predicted molar refractivity (Wildman–Crippen MR) is 84.0 cm³/mol. The molecule has 0 aliphatic carbocycles. The van der Waals surface area contributed by atoms with E-state index >= 15 is 0 Å². The largest absolute Gasteiger partial charge is 0.432 e. The number of hydrogen-bond donors (Lipinski definition) is 2. The van der Waals surface area contributed by atoms with E-state index in [-0.39, 0.29) is 11.4 Å². The predicted octanol–water partition coefficient (Wildman–Crippen LogP) is 2.51. The van der Waals surface area contributed by atoms with Crippen LogP contribution in [0.1, 0.15) is 16.7 Å². The maximum absolute atomic E-state index is 13.7. The number of ether oxygens (including phenoxy) is 1. The zero-order chi connectivity index (χ0) is 18.0. The maximum atomic E-state index is 13.7. The van der Waals surface area contributed by atoms with E-state index in [4.69, 9.17) is 0 Å². The first-order valence-corrected chi connectivity index (χ1v) is 8.89. The lowest BCUT2D eigenvalue weighted by Gasteiger charge is -2.10. The molecule has 2 aromatic rings. The molecular formula is C16H15F3N2O3S. The molecule has 0 spiro atoms. The van der Waals surface area contributed by atoms with Crippen molar-refractivity contribution in [2.75, 3.05) is 0 Å². The molecule has 1 heterocycles. The van der Waals surface area contributed by atoms with Crippen molar-refractivity contribution in [1.82, 2.24) is 10.0 Å². The molecule has 1 aliphatic heterocycles. The van der Waals surface area contributed by atoms with Crippen molar-refractivity contribution >= 4 is 10.0 Å². The van der Waals surface area contributed by atoms with Gasteiger partial charge in [0.1, 0.15) is 0 Å². The monoisotopic (exact) mass is 372 g/mol. The molecule has 9 heteroatoms. The number of sulfonamides is 1. The highest BCUT2D eigenvalue weighted by Gasteiger charge is 2.18. The van der Waals surface area contributed by atoms with Gasteiger partial charge in [-0.05, 0) is 34.9 Å². The summed E-state index contributed by atoms with van der Waals surface area (Å²) in [4.78, 5) is -0.366. The van der Waals surface area contributed by atoms with Gasteiger partial charge in [-0.2, -0.15) is 8.78 Å². The zero-order valence-corrected chi connectivity index (χ0v) is 13.7. The van der Waals surface area contributed by atoms with Crippen LogP contribution in [0, 0.1) is 5.82 Å². The molecule has 0 saturated carbocycles. The molecule has 2 aromatic carbocycles. The Bertz CT molecular complexity index is 888. The lowest BCUT2D eigenvalue weighted by molar-refractivity contribution is -0.0522. The lowest BCUT2D eigenvalue weighted by atomic mass is 10.1. The van der Waals surface area contributed by atoms with Gasteiger partial charge in [0.05, 0.1) is 4.90 Å². The second-order valence-corrected chi connectivity index (χ2v) is 7.27. The Morgan fingerprint density at radius 3 is 2.60 bits per heavy atom. The minimum Gasteiger partial charge on any atom is -0.432 e. The Kier molecular flexibility index (Phi) is 4.98. The van der Waals surface area contributed by atoms with Crippen molar-refractivity contribution in [3.8, 4) is 5.75 Å². The van der Waals surface area contributed by atoms with Crippen LogP contribution in [0.25, 0.3) is 0 Å². The van der Waals surface area contributed by atoms with Gasteiger partial charge in [0.25, 0.3) is 0 Å². The fraction of sp³-hybridized carbons (Fsp3) is 0.250. The molecule has 0 aromatic heterocycles. The van der Waals surface area contributed by atoms with Crippen molar-refractivity contribution in [1.29, 1.82) is 0 Å². The molecule has 1 aliphatic rings. The average Bonchev–Trinajstić information content (AvgIpc) is 3.02. The van der Waals surface area contributed by atoms with Gasteiger partial charge in [0.2, 0.25) is 10.0 Å². The van der Waals surface area contributed by atoms with Gasteiger partial charge >= 0.3 is 6.61 Å². The highest BCUT2D eigenvalue weighted by atomic mass is 32.2. The van der Waals surface area contributed by atoms with Crippen molar-refractivity contribution in [3.63, 3.8) is 0 Å². The SMILES string of the molecule is O=S(=O)(NCc1ccc2c(c1)CNC2)c1ccc(OC(F)F)c(F)c1. The van der Waals surface area contributed by atoms with Crippen LogP contribution in [0.15, 0.2) is 41.3 Å². The van der Waals surface area contributed by atoms with Crippen LogP contribution in [0.3, 0.4) is 0 Å². The Labute approximate surface area is 142 Å². The molecule has 3 rings (SSSR count). The van der Waals surface area contributed by atoms with Crippen molar-refractivity contribution in [2.45, 2.75) is 31.1 Å². The van der Waals surface area contributed by atoms with E-state index in [9.17, 15) is 21.6 Å². The summed E-state index contributed by atoms with van der Waals surface area (Å²) >= 11 is 0. The molecule has 0 fully saturated rings. The van der Waals surface area contributed by atoms with Gasteiger partial charge in [0.15, 0.2) is 11.6 Å². The van der Waals surface area contributed by atoms with Gasteiger partial charge in [-0.25, -0.2) is 17.5 Å². The summed E-state index contributed by atoms with van der Waals surface area (Å²) in [6, 6.07) is 8.15. The zero-order valence-electron chi connectivity index (χ0n) is 12.9. The molecule has 5 nitrogen and oxygen atoms in total. The van der Waals surface area contributed by atoms with Crippen LogP contribution in [-0.2, 0) is 29.7 Å². The molecule has 2 N–H and O–H groups in total. The third-order valence-electron chi connectivity index (χ3n) is 3.80. The van der Waals surface area contributed by atoms with Gasteiger partial charge < -0.3 is 10.1 Å². The Balaban J connectivity index is 1.72. The van der Waals surface area contributed by atoms with Crippen LogP contribution in [0.4, 0.5) is 13.2 Å². The van der Waals surface area contributed by atoms with Crippen molar-refractivity contribution in [3.05, 3.63) is 58.9 Å². The Morgan fingerprint density at radius 1 is 1.12 bits per heavy atom. The topological polar surface area (TPSA) is 67.4 Å². The number of hydrogen-bond acceptors (Lipinski definition) is 4. The minimum absolute atomic E-state index is 0.0342. The van der Waals surface area contributed by atoms with Crippen molar-refractivity contribution in [2.24, 2.45) is 0 Å². The fourth-order valence-corrected chi connectivity index (χ4v) is 3.59. The Morgan fingerprint density at radius 2 is 1.88 bits per heavy atom. The first-order chi connectivity index (χ1) is 11.8. The molecule has 134 valence electrons. The van der Waals surface area contributed by atoms with Gasteiger partial charge in [-0.15, -0.1) is 0 Å². The minimum atomic E-state index is -3.99. The summed E-state index contributed by atoms with van der Waals surface area (Å²) < 4.78 is 68.7. The first-order valence-electron chi connectivity index (χ1n) is 7.40. The molecule has 25 heavy (non-hydrogen) atoms. The van der Waals surface area contributed by atoms with Gasteiger partial charge in [0, 0.05) is 19.6 Å². The highest BCUT2D eigenvalue weighted by Crippen LogP contribution is 2.23. The summed E-state index contributed by atoms with van der Waals surface area (Å²) in [5, 5.41) is 3.19. The van der Waals surface area contributed by atoms with E-state index in [1.165, 1.54) is 5.56 Å². The van der Waals surface area contributed by atoms with Gasteiger partial charge in [-0.1, -0.05) is 18.2 Å². The highest BCUT2D eigenvalue weighted by molar-refractivity contribution is 7.89. The maximum Gasteiger partial charge on any atom is 0.387 e. The summed E-state index contributed by atoms with van der Waals surface area (Å²) in [5.41, 5.74) is 3.05. The molecule has 0 amide bonds. The van der Waals surface area contributed by atoms with E-state index in [2.05, 4.69) is 14.8 Å². The van der Waals surface area contributed by atoms with E-state index in [0.717, 1.165) is 36.3 Å². The molecule has 0 unspecified atom stereocenters. The summed E-state index contributed by atoms with van der Waals surface area (Å²) in [5.74, 6) is -1.88. The second kappa shape index (κ2) is 7.03. The smallest absolute Gasteiger partial charge is 0.387 e. The van der Waals surface area contributed by atoms with Crippen LogP contribution in [0.5, 0.6) is 5.75 Å². The number of halogens is 3. The standard InChI is InChI=1S/C16H15F3N2O3S/c17-14-6-13(3-4-15(14)24-16(18)19)25(22,23)21-7-10-1-2-11-8-20-9-12(11)5-10/h1-6,16,20-21H,7-9H2. The molecule has 0 bridgehead atoms. The molecular weight excluding hydrogens is 357 g/mol. The van der Waals surface area contributed by atoms with Crippen LogP contribution < -0.4 is 14.8 Å². The van der Waals surface area contributed by atoms with Gasteiger partial charge in [-0.3, -0.25) is 0 Å². The molecule has 0 atom stereocenters. The fourth-order valence-electron chi connectivity index (χ4n) is 2.56. The van der Waals surface area contributed by atoms with E-state index in [1.807, 2.05) is 18.2 Å². The summed E-state index contributed by atoms with van der Waals surface area (Å²) in [6.07, 6.45) is 0. The molecule has 0 radical (unpaired) electrons.